The number of alkyl halides is 3. The van der Waals surface area contributed by atoms with E-state index in [1.165, 1.54) is 33.2 Å². The molecule has 4 rings (SSSR count). The van der Waals surface area contributed by atoms with Gasteiger partial charge in [-0.1, -0.05) is 18.3 Å². The monoisotopic (exact) mass is 562 g/mol. The Morgan fingerprint density at radius 1 is 1.15 bits per heavy atom. The topological polar surface area (TPSA) is 89.3 Å². The summed E-state index contributed by atoms with van der Waals surface area (Å²) in [5, 5.41) is 5.78. The van der Waals surface area contributed by atoms with Crippen molar-refractivity contribution in [3.8, 4) is 17.2 Å². The number of nitrogens with one attached hydrogen (secondary N) is 2. The number of amides is 1. The average Bonchev–Trinajstić information content (AvgIpc) is 3.31. The molecule has 0 fully saturated rings. The smallest absolute Gasteiger partial charge is 0.433 e. The van der Waals surface area contributed by atoms with Crippen LogP contribution >= 0.6 is 12.2 Å². The molecule has 2 aromatic heterocycles. The van der Waals surface area contributed by atoms with Crippen LogP contribution in [0.2, 0.25) is 0 Å². The summed E-state index contributed by atoms with van der Waals surface area (Å²) in [5.41, 5.74) is -0.605. The minimum absolute atomic E-state index is 0.0106. The van der Waals surface area contributed by atoms with Crippen molar-refractivity contribution in [2.45, 2.75) is 25.7 Å². The molecule has 0 spiro atoms. The number of thiocarbonyl (C=S) groups is 1. The fourth-order valence-corrected chi connectivity index (χ4v) is 4.12. The fraction of sp³-hybridized carbons (Fsp3) is 0.200. The Kier molecular flexibility index (Phi) is 7.86. The molecule has 0 aliphatic rings. The van der Waals surface area contributed by atoms with Gasteiger partial charge < -0.3 is 19.8 Å². The number of carbonyl (C=O) groups is 1. The first-order valence-electron chi connectivity index (χ1n) is 11.4. The van der Waals surface area contributed by atoms with E-state index in [0.717, 1.165) is 18.2 Å². The molecule has 0 saturated carbocycles. The van der Waals surface area contributed by atoms with Gasteiger partial charge in [0.2, 0.25) is 13.7 Å². The molecular formula is C25H20BF5N4O3S. The van der Waals surface area contributed by atoms with Gasteiger partial charge in [0.15, 0.2) is 11.6 Å². The molecule has 2 heterocycles. The summed E-state index contributed by atoms with van der Waals surface area (Å²) in [5.74, 6) is -1.61. The molecule has 0 aliphatic heterocycles. The van der Waals surface area contributed by atoms with E-state index >= 15 is 0 Å². The van der Waals surface area contributed by atoms with E-state index in [4.69, 9.17) is 21.4 Å². The molecule has 2 aromatic carbocycles. The molecule has 0 radical (unpaired) electrons. The largest absolute Gasteiger partial charge is 0.494 e. The molecule has 0 unspecified atom stereocenters. The highest BCUT2D eigenvalue weighted by Gasteiger charge is 2.33. The lowest BCUT2D eigenvalue weighted by Crippen LogP contribution is -2.28. The van der Waals surface area contributed by atoms with Crippen molar-refractivity contribution < 1.29 is 35.9 Å². The van der Waals surface area contributed by atoms with Gasteiger partial charge in [-0.3, -0.25) is 4.79 Å². The second-order valence-corrected chi connectivity index (χ2v) is 8.89. The lowest BCUT2D eigenvalue weighted by atomic mass is 10.1. The van der Waals surface area contributed by atoms with Gasteiger partial charge in [0, 0.05) is 29.1 Å². The third-order valence-electron chi connectivity index (χ3n) is 5.70. The Morgan fingerprint density at radius 2 is 1.90 bits per heavy atom. The highest BCUT2D eigenvalue weighted by atomic mass is 32.1. The number of nitrogens with zero attached hydrogens (tertiary/aromatic N) is 2. The van der Waals surface area contributed by atoms with E-state index in [9.17, 15) is 26.7 Å². The van der Waals surface area contributed by atoms with Crippen molar-refractivity contribution in [1.29, 1.82) is 0 Å². The predicted octanol–water partition coefficient (Wildman–Crippen LogP) is 5.06. The second kappa shape index (κ2) is 11.0. The molecule has 0 saturated heterocycles. The number of rotatable bonds is 7. The summed E-state index contributed by atoms with van der Waals surface area (Å²) < 4.78 is 78.5. The van der Waals surface area contributed by atoms with Crippen LogP contribution in [0.5, 0.6) is 5.75 Å². The Morgan fingerprint density at radius 3 is 2.54 bits per heavy atom. The van der Waals surface area contributed by atoms with Crippen molar-refractivity contribution in [2.24, 2.45) is 0 Å². The van der Waals surface area contributed by atoms with Gasteiger partial charge >= 0.3 is 6.18 Å². The molecule has 2 N–H and O–H groups in total. The molecule has 7 nitrogen and oxygen atoms in total. The molecule has 0 bridgehead atoms. The van der Waals surface area contributed by atoms with Crippen molar-refractivity contribution in [3.63, 3.8) is 0 Å². The third kappa shape index (κ3) is 6.00. The summed E-state index contributed by atoms with van der Waals surface area (Å²) >= 11 is 5.47. The minimum Gasteiger partial charge on any atom is -0.494 e. The van der Waals surface area contributed by atoms with Gasteiger partial charge in [-0.2, -0.15) is 13.2 Å². The first-order chi connectivity index (χ1) is 18.4. The van der Waals surface area contributed by atoms with E-state index in [1.807, 2.05) is 0 Å². The Labute approximate surface area is 225 Å². The molecule has 202 valence electrons. The third-order valence-corrected chi connectivity index (χ3v) is 6.03. The quantitative estimate of drug-likeness (QED) is 0.185. The number of pyridine rings is 1. The number of ether oxygens (including phenoxy) is 1. The molecule has 1 atom stereocenters. The van der Waals surface area contributed by atoms with Crippen LogP contribution in [0.15, 0.2) is 46.9 Å². The summed E-state index contributed by atoms with van der Waals surface area (Å²) in [6.45, 7) is 1.53. The van der Waals surface area contributed by atoms with E-state index in [1.54, 1.807) is 13.0 Å². The van der Waals surface area contributed by atoms with E-state index in [2.05, 4.69) is 20.6 Å². The first-order valence-corrected chi connectivity index (χ1v) is 11.8. The fourth-order valence-electron chi connectivity index (χ4n) is 3.90. The van der Waals surface area contributed by atoms with Gasteiger partial charge in [-0.15, -0.1) is 0 Å². The van der Waals surface area contributed by atoms with E-state index < -0.39 is 29.5 Å². The minimum atomic E-state index is -4.67. The van der Waals surface area contributed by atoms with Crippen molar-refractivity contribution >= 4 is 41.8 Å². The number of hydrogen-bond acceptors (Lipinski definition) is 6. The predicted molar refractivity (Wildman–Crippen MR) is 139 cm³/mol. The molecular weight excluding hydrogens is 542 g/mol. The summed E-state index contributed by atoms with van der Waals surface area (Å²) in [4.78, 5) is 20.0. The standard InChI is InChI=1S/C25H20BF5N4O3S/c1-11(33-24(26)36)21-20(23(39)32-10-12-3-4-13(27)9-16(12)28)35-22(38-21)15-5-7-17(37-2)19-14(15)6-8-18(34-19)25(29,30)31/h3-9,11H,10,26H2,1-2H3,(H,32,39)(H,33,36)/t11-/m0/s1. The van der Waals surface area contributed by atoms with Crippen LogP contribution in [0.25, 0.3) is 22.4 Å². The number of fused-ring (bicyclic) bond motifs is 1. The van der Waals surface area contributed by atoms with E-state index in [-0.39, 0.29) is 56.9 Å². The summed E-state index contributed by atoms with van der Waals surface area (Å²) in [6, 6.07) is 7.45. The average molecular weight is 562 g/mol. The summed E-state index contributed by atoms with van der Waals surface area (Å²) in [6.07, 6.45) is -4.67. The van der Waals surface area contributed by atoms with Crippen LogP contribution in [0, 0.1) is 11.6 Å². The van der Waals surface area contributed by atoms with Crippen LogP contribution in [0.3, 0.4) is 0 Å². The molecule has 1 amide bonds. The van der Waals surface area contributed by atoms with Crippen LogP contribution in [-0.4, -0.2) is 35.7 Å². The van der Waals surface area contributed by atoms with E-state index in [0.29, 0.717) is 5.56 Å². The van der Waals surface area contributed by atoms with Gasteiger partial charge in [0.05, 0.1) is 13.2 Å². The number of hydrogen-bond donors (Lipinski definition) is 2. The maximum Gasteiger partial charge on any atom is 0.433 e. The zero-order valence-electron chi connectivity index (χ0n) is 20.7. The van der Waals surface area contributed by atoms with Crippen LogP contribution < -0.4 is 15.4 Å². The Hall–Kier alpha value is -4.07. The van der Waals surface area contributed by atoms with Gasteiger partial charge in [0.25, 0.3) is 0 Å². The van der Waals surface area contributed by atoms with Crippen molar-refractivity contribution in [1.82, 2.24) is 20.6 Å². The van der Waals surface area contributed by atoms with Crippen LogP contribution in [0.4, 0.5) is 26.7 Å². The number of aromatic nitrogens is 2. The lowest BCUT2D eigenvalue weighted by Gasteiger charge is -2.13. The zero-order chi connectivity index (χ0) is 28.5. The number of carbonyl (C=O) groups excluding carboxylic acids is 1. The maximum absolute atomic E-state index is 14.1. The maximum atomic E-state index is 14.1. The summed E-state index contributed by atoms with van der Waals surface area (Å²) in [7, 11) is 2.61. The first kappa shape index (κ1) is 28.0. The van der Waals surface area contributed by atoms with Crippen molar-refractivity contribution in [3.05, 3.63) is 76.8 Å². The number of oxazole rings is 1. The normalized spacial score (nSPS) is 12.3. The SMILES string of the molecule is BC(=O)N[C@@H](C)c1oc(-c2ccc(OC)c3nc(C(F)(F)F)ccc23)nc1C(=S)NCc1ccc(F)cc1F. The van der Waals surface area contributed by atoms with Crippen molar-refractivity contribution in [2.75, 3.05) is 7.11 Å². The Balaban J connectivity index is 1.78. The highest BCUT2D eigenvalue weighted by Crippen LogP contribution is 2.37. The van der Waals surface area contributed by atoms with Gasteiger partial charge in [-0.25, -0.2) is 18.7 Å². The number of halogens is 5. The van der Waals surface area contributed by atoms with Crippen LogP contribution in [0.1, 0.15) is 35.7 Å². The molecule has 0 aliphatic carbocycles. The molecule has 14 heteroatoms. The highest BCUT2D eigenvalue weighted by molar-refractivity contribution is 7.80. The number of methoxy groups -OCH3 is 1. The number of benzene rings is 2. The van der Waals surface area contributed by atoms with Gasteiger partial charge in [0.1, 0.15) is 39.3 Å². The van der Waals surface area contributed by atoms with Crippen LogP contribution in [-0.2, 0) is 12.7 Å². The molecule has 4 aromatic rings. The lowest BCUT2D eigenvalue weighted by molar-refractivity contribution is -0.140. The Bertz CT molecular complexity index is 1580. The zero-order valence-corrected chi connectivity index (χ0v) is 21.6. The second-order valence-electron chi connectivity index (χ2n) is 8.48. The molecule has 39 heavy (non-hydrogen) atoms. The van der Waals surface area contributed by atoms with Gasteiger partial charge in [-0.05, 0) is 37.3 Å².